The molecule has 0 aromatic heterocycles. The van der Waals surface area contributed by atoms with Crippen molar-refractivity contribution in [3.05, 3.63) is 70.3 Å². The van der Waals surface area contributed by atoms with Crippen molar-refractivity contribution in [1.29, 1.82) is 0 Å². The number of Topliss-reactive ketones (excluding diaryl/α,β-unsaturated/α-hetero) is 1. The van der Waals surface area contributed by atoms with Crippen LogP contribution in [0.15, 0.2) is 54.1 Å². The summed E-state index contributed by atoms with van der Waals surface area (Å²) in [5.74, 6) is -0.486. The van der Waals surface area contributed by atoms with E-state index in [0.29, 0.717) is 34.4 Å². The van der Waals surface area contributed by atoms with Crippen LogP contribution in [0.3, 0.4) is 0 Å². The van der Waals surface area contributed by atoms with E-state index in [9.17, 15) is 14.7 Å². The van der Waals surface area contributed by atoms with Crippen LogP contribution < -0.4 is 4.74 Å². The number of methoxy groups -OCH3 is 1. The van der Waals surface area contributed by atoms with Crippen LogP contribution in [0.1, 0.15) is 37.4 Å². The number of carbonyl (C=O) groups excluding carboxylic acids is 2. The third-order valence-corrected chi connectivity index (χ3v) is 5.58. The molecule has 1 heterocycles. The predicted octanol–water partition coefficient (Wildman–Crippen LogP) is 4.83. The summed E-state index contributed by atoms with van der Waals surface area (Å²) in [4.78, 5) is 27.3. The Bertz CT molecular complexity index is 1000. The molecule has 1 N–H and O–H groups in total. The maximum atomic E-state index is 13.0. The maximum absolute atomic E-state index is 13.0. The number of benzene rings is 2. The van der Waals surface area contributed by atoms with Crippen molar-refractivity contribution in [2.45, 2.75) is 26.3 Å². The molecule has 0 spiro atoms. The van der Waals surface area contributed by atoms with Crippen molar-refractivity contribution in [2.24, 2.45) is 5.92 Å². The van der Waals surface area contributed by atoms with Crippen LogP contribution in [-0.4, -0.2) is 48.6 Å². The molecule has 1 fully saturated rings. The maximum Gasteiger partial charge on any atom is 0.295 e. The van der Waals surface area contributed by atoms with Gasteiger partial charge in [-0.05, 0) is 54.3 Å². The SMILES string of the molecule is COCCN1C(=O)C(=O)/C(=C(/O)c2ccc(Cl)cc2)C1c1cccc(OCCC(C)C)c1. The minimum absolute atomic E-state index is 0.0350. The first-order valence-corrected chi connectivity index (χ1v) is 11.0. The van der Waals surface area contributed by atoms with Gasteiger partial charge in [-0.2, -0.15) is 0 Å². The average molecular weight is 458 g/mol. The van der Waals surface area contributed by atoms with E-state index >= 15 is 0 Å². The van der Waals surface area contributed by atoms with Gasteiger partial charge in [-0.15, -0.1) is 0 Å². The Morgan fingerprint density at radius 2 is 1.84 bits per heavy atom. The Labute approximate surface area is 193 Å². The van der Waals surface area contributed by atoms with Crippen LogP contribution in [0.2, 0.25) is 5.02 Å². The van der Waals surface area contributed by atoms with Gasteiger partial charge in [-0.25, -0.2) is 0 Å². The Hall–Kier alpha value is -2.83. The lowest BCUT2D eigenvalue weighted by Crippen LogP contribution is -2.32. The summed E-state index contributed by atoms with van der Waals surface area (Å²) in [6, 6.07) is 13.0. The molecule has 1 atom stereocenters. The number of rotatable bonds is 9. The lowest BCUT2D eigenvalue weighted by molar-refractivity contribution is -0.140. The molecule has 2 aromatic carbocycles. The van der Waals surface area contributed by atoms with E-state index in [1.807, 2.05) is 24.3 Å². The molecule has 0 aliphatic carbocycles. The summed E-state index contributed by atoms with van der Waals surface area (Å²) < 4.78 is 11.0. The standard InChI is InChI=1S/C25H28ClNO5/c1-16(2)11-13-32-20-6-4-5-18(15-20)22-21(23(28)17-7-9-19(26)10-8-17)24(29)25(30)27(22)12-14-31-3/h4-10,15-16,22,28H,11-14H2,1-3H3/b23-21+. The lowest BCUT2D eigenvalue weighted by atomic mass is 9.95. The Morgan fingerprint density at radius 3 is 2.50 bits per heavy atom. The third-order valence-electron chi connectivity index (χ3n) is 5.33. The molecule has 32 heavy (non-hydrogen) atoms. The lowest BCUT2D eigenvalue weighted by Gasteiger charge is -2.25. The second-order valence-electron chi connectivity index (χ2n) is 8.10. The van der Waals surface area contributed by atoms with E-state index in [1.54, 1.807) is 24.3 Å². The van der Waals surface area contributed by atoms with Gasteiger partial charge in [-0.3, -0.25) is 9.59 Å². The van der Waals surface area contributed by atoms with E-state index in [2.05, 4.69) is 13.8 Å². The molecule has 2 aromatic rings. The molecular weight excluding hydrogens is 430 g/mol. The molecule has 3 rings (SSSR count). The van der Waals surface area contributed by atoms with Crippen LogP contribution in [0, 0.1) is 5.92 Å². The van der Waals surface area contributed by atoms with Gasteiger partial charge in [0.25, 0.3) is 11.7 Å². The Kier molecular flexibility index (Phi) is 7.94. The van der Waals surface area contributed by atoms with E-state index < -0.39 is 17.7 Å². The fourth-order valence-corrected chi connectivity index (χ4v) is 3.72. The predicted molar refractivity (Wildman–Crippen MR) is 124 cm³/mol. The molecule has 1 amide bonds. The van der Waals surface area contributed by atoms with Crippen molar-refractivity contribution in [1.82, 2.24) is 4.90 Å². The monoisotopic (exact) mass is 457 g/mol. The molecule has 1 saturated heterocycles. The number of aliphatic hydroxyl groups excluding tert-OH is 1. The molecule has 0 radical (unpaired) electrons. The number of ketones is 1. The smallest absolute Gasteiger partial charge is 0.295 e. The number of amides is 1. The first-order valence-electron chi connectivity index (χ1n) is 10.6. The molecule has 7 heteroatoms. The zero-order valence-electron chi connectivity index (χ0n) is 18.5. The molecule has 1 aliphatic rings. The molecular formula is C25H28ClNO5. The van der Waals surface area contributed by atoms with Gasteiger partial charge in [0, 0.05) is 24.2 Å². The number of carbonyl (C=O) groups is 2. The second-order valence-corrected chi connectivity index (χ2v) is 8.53. The van der Waals surface area contributed by atoms with Crippen molar-refractivity contribution >= 4 is 29.1 Å². The van der Waals surface area contributed by atoms with Crippen LogP contribution in [-0.2, 0) is 14.3 Å². The van der Waals surface area contributed by atoms with Crippen molar-refractivity contribution in [3.63, 3.8) is 0 Å². The number of ether oxygens (including phenoxy) is 2. The van der Waals surface area contributed by atoms with E-state index in [0.717, 1.165) is 6.42 Å². The number of aliphatic hydroxyl groups is 1. The first kappa shape index (κ1) is 23.8. The molecule has 0 bridgehead atoms. The third kappa shape index (κ3) is 5.31. The van der Waals surface area contributed by atoms with Gasteiger partial charge in [0.2, 0.25) is 0 Å². The quantitative estimate of drug-likeness (QED) is 0.331. The topological polar surface area (TPSA) is 76.1 Å². The second kappa shape index (κ2) is 10.7. The van der Waals surface area contributed by atoms with Crippen LogP contribution >= 0.6 is 11.6 Å². The number of halogens is 1. The first-order chi connectivity index (χ1) is 15.3. The van der Waals surface area contributed by atoms with Gasteiger partial charge in [0.15, 0.2) is 0 Å². The highest BCUT2D eigenvalue weighted by Crippen LogP contribution is 2.40. The summed E-state index contributed by atoms with van der Waals surface area (Å²) in [6.45, 7) is 5.28. The zero-order valence-corrected chi connectivity index (χ0v) is 19.3. The summed E-state index contributed by atoms with van der Waals surface area (Å²) in [5, 5.41) is 11.5. The minimum atomic E-state index is -0.755. The van der Waals surface area contributed by atoms with Crippen LogP contribution in [0.25, 0.3) is 5.76 Å². The number of likely N-dealkylation sites (tertiary alicyclic amines) is 1. The van der Waals surface area contributed by atoms with Gasteiger partial charge >= 0.3 is 0 Å². The van der Waals surface area contributed by atoms with Crippen molar-refractivity contribution < 1.29 is 24.2 Å². The highest BCUT2D eigenvalue weighted by molar-refractivity contribution is 6.46. The summed E-state index contributed by atoms with van der Waals surface area (Å²) in [5.41, 5.74) is 1.12. The molecule has 1 aliphatic heterocycles. The van der Waals surface area contributed by atoms with Gasteiger partial charge < -0.3 is 19.5 Å². The fraction of sp³-hybridized carbons (Fsp3) is 0.360. The van der Waals surface area contributed by atoms with E-state index in [1.165, 1.54) is 12.0 Å². The van der Waals surface area contributed by atoms with Crippen LogP contribution in [0.5, 0.6) is 5.75 Å². The Morgan fingerprint density at radius 1 is 1.12 bits per heavy atom. The summed E-state index contributed by atoms with van der Waals surface area (Å²) in [6.07, 6.45) is 0.910. The number of hydrogen-bond donors (Lipinski definition) is 1. The molecule has 6 nitrogen and oxygen atoms in total. The van der Waals surface area contributed by atoms with Gasteiger partial charge in [0.05, 0.1) is 24.8 Å². The molecule has 0 saturated carbocycles. The average Bonchev–Trinajstić information content (AvgIpc) is 3.02. The molecule has 1 unspecified atom stereocenters. The van der Waals surface area contributed by atoms with Crippen LogP contribution in [0.4, 0.5) is 0 Å². The number of nitrogens with zero attached hydrogens (tertiary/aromatic N) is 1. The molecule has 170 valence electrons. The van der Waals surface area contributed by atoms with Gasteiger partial charge in [0.1, 0.15) is 11.5 Å². The van der Waals surface area contributed by atoms with Crippen molar-refractivity contribution in [2.75, 3.05) is 26.9 Å². The van der Waals surface area contributed by atoms with E-state index in [-0.39, 0.29) is 24.5 Å². The Balaban J connectivity index is 2.04. The van der Waals surface area contributed by atoms with E-state index in [4.69, 9.17) is 21.1 Å². The van der Waals surface area contributed by atoms with Crippen molar-refractivity contribution in [3.8, 4) is 5.75 Å². The largest absolute Gasteiger partial charge is 0.507 e. The summed E-state index contributed by atoms with van der Waals surface area (Å²) >= 11 is 5.96. The summed E-state index contributed by atoms with van der Waals surface area (Å²) in [7, 11) is 1.53. The normalized spacial score (nSPS) is 17.9. The number of hydrogen-bond acceptors (Lipinski definition) is 5. The minimum Gasteiger partial charge on any atom is -0.507 e. The fourth-order valence-electron chi connectivity index (χ4n) is 3.60. The highest BCUT2D eigenvalue weighted by Gasteiger charge is 2.46. The zero-order chi connectivity index (χ0) is 23.3. The van der Waals surface area contributed by atoms with Gasteiger partial charge in [-0.1, -0.05) is 37.6 Å². The highest BCUT2D eigenvalue weighted by atomic mass is 35.5.